The number of aryl methyl sites for hydroxylation is 1. The van der Waals surface area contributed by atoms with Crippen LogP contribution in [0, 0.1) is 29.6 Å². The molecule has 4 aliphatic rings. The molecule has 0 amide bonds. The molecule has 0 spiro atoms. The normalized spacial score (nSPS) is 41.4. The Balaban J connectivity index is 1.43. The molecule has 4 bridgehead atoms. The maximum Gasteiger partial charge on any atom is 0.318 e. The minimum atomic E-state index is 0.204. The SMILES string of the molecule is Nc1nc(CCC2C3CC4CC(C3)CC2C4)no1. The summed E-state index contributed by atoms with van der Waals surface area (Å²) in [5.41, 5.74) is 5.46. The van der Waals surface area contributed by atoms with E-state index in [1.54, 1.807) is 0 Å². The summed E-state index contributed by atoms with van der Waals surface area (Å²) in [5, 5.41) is 3.91. The van der Waals surface area contributed by atoms with E-state index in [2.05, 4.69) is 10.1 Å². The lowest BCUT2D eigenvalue weighted by Gasteiger charge is -2.54. The first-order chi connectivity index (χ1) is 8.78. The third-order valence-electron chi connectivity index (χ3n) is 5.61. The Hall–Kier alpha value is -1.06. The molecule has 18 heavy (non-hydrogen) atoms. The second-order valence-corrected chi connectivity index (χ2v) is 6.68. The molecule has 5 rings (SSSR count). The van der Waals surface area contributed by atoms with Gasteiger partial charge in [-0.1, -0.05) is 5.16 Å². The molecule has 4 aliphatic carbocycles. The third-order valence-corrected chi connectivity index (χ3v) is 5.61. The van der Waals surface area contributed by atoms with Gasteiger partial charge in [0.25, 0.3) is 0 Å². The quantitative estimate of drug-likeness (QED) is 0.891. The first kappa shape index (κ1) is 10.8. The van der Waals surface area contributed by atoms with Crippen molar-refractivity contribution >= 4 is 6.01 Å². The molecule has 0 radical (unpaired) electrons. The topological polar surface area (TPSA) is 64.9 Å². The average Bonchev–Trinajstić information content (AvgIpc) is 2.73. The first-order valence-corrected chi connectivity index (χ1v) is 7.36. The van der Waals surface area contributed by atoms with Crippen LogP contribution in [0.1, 0.15) is 44.3 Å². The van der Waals surface area contributed by atoms with Crippen LogP contribution in [0.4, 0.5) is 6.01 Å². The monoisotopic (exact) mass is 247 g/mol. The Kier molecular flexibility index (Phi) is 2.39. The molecular formula is C14H21N3O. The molecule has 0 aromatic carbocycles. The number of nitrogen functional groups attached to an aromatic ring is 1. The van der Waals surface area contributed by atoms with Gasteiger partial charge in [-0.25, -0.2) is 0 Å². The zero-order valence-corrected chi connectivity index (χ0v) is 10.7. The Morgan fingerprint density at radius 1 is 1.06 bits per heavy atom. The number of rotatable bonds is 3. The lowest BCUT2D eigenvalue weighted by molar-refractivity contribution is -0.0396. The van der Waals surface area contributed by atoms with Crippen LogP contribution in [0.5, 0.6) is 0 Å². The van der Waals surface area contributed by atoms with Gasteiger partial charge in [-0.15, -0.1) is 0 Å². The van der Waals surface area contributed by atoms with E-state index in [0.29, 0.717) is 0 Å². The van der Waals surface area contributed by atoms with Crippen LogP contribution in [0.2, 0.25) is 0 Å². The third kappa shape index (κ3) is 1.73. The summed E-state index contributed by atoms with van der Waals surface area (Å²) in [4.78, 5) is 4.11. The van der Waals surface area contributed by atoms with Gasteiger partial charge in [-0.2, -0.15) is 4.98 Å². The predicted octanol–water partition coefficient (Wildman–Crippen LogP) is 2.66. The predicted molar refractivity (Wildman–Crippen MR) is 67.6 cm³/mol. The molecule has 0 saturated heterocycles. The fraction of sp³-hybridized carbons (Fsp3) is 0.857. The van der Waals surface area contributed by atoms with E-state index in [1.165, 1.54) is 38.5 Å². The van der Waals surface area contributed by atoms with E-state index in [0.717, 1.165) is 41.8 Å². The van der Waals surface area contributed by atoms with Crippen molar-refractivity contribution in [3.63, 3.8) is 0 Å². The number of nitrogens with zero attached hydrogens (tertiary/aromatic N) is 2. The molecule has 1 heterocycles. The number of hydrogen-bond acceptors (Lipinski definition) is 4. The van der Waals surface area contributed by atoms with Crippen molar-refractivity contribution in [3.8, 4) is 0 Å². The minimum Gasteiger partial charge on any atom is -0.351 e. The van der Waals surface area contributed by atoms with Gasteiger partial charge >= 0.3 is 6.01 Å². The molecule has 0 atom stereocenters. The van der Waals surface area contributed by atoms with E-state index in [-0.39, 0.29) is 6.01 Å². The zero-order valence-electron chi connectivity index (χ0n) is 10.7. The van der Waals surface area contributed by atoms with Gasteiger partial charge in [0.05, 0.1) is 0 Å². The molecule has 4 saturated carbocycles. The van der Waals surface area contributed by atoms with Crippen LogP contribution in [0.3, 0.4) is 0 Å². The van der Waals surface area contributed by atoms with Crippen LogP contribution in [-0.4, -0.2) is 10.1 Å². The number of anilines is 1. The van der Waals surface area contributed by atoms with Crippen molar-refractivity contribution in [1.29, 1.82) is 0 Å². The van der Waals surface area contributed by atoms with Crippen molar-refractivity contribution in [3.05, 3.63) is 5.82 Å². The van der Waals surface area contributed by atoms with Crippen molar-refractivity contribution < 1.29 is 4.52 Å². The minimum absolute atomic E-state index is 0.204. The van der Waals surface area contributed by atoms with Gasteiger partial charge in [-0.3, -0.25) is 0 Å². The fourth-order valence-electron chi connectivity index (χ4n) is 5.17. The van der Waals surface area contributed by atoms with Crippen molar-refractivity contribution in [2.45, 2.75) is 44.9 Å². The lowest BCUT2D eigenvalue weighted by atomic mass is 9.51. The summed E-state index contributed by atoms with van der Waals surface area (Å²) in [7, 11) is 0. The van der Waals surface area contributed by atoms with Gasteiger partial charge in [0, 0.05) is 6.42 Å². The highest BCUT2D eigenvalue weighted by Gasteiger charge is 2.47. The number of nitrogens with two attached hydrogens (primary N) is 1. The molecular weight excluding hydrogens is 226 g/mol. The Labute approximate surface area is 107 Å². The van der Waals surface area contributed by atoms with Crippen LogP contribution in [0.15, 0.2) is 4.52 Å². The molecule has 0 aliphatic heterocycles. The summed E-state index contributed by atoms with van der Waals surface area (Å²) in [5.74, 6) is 5.81. The highest BCUT2D eigenvalue weighted by Crippen LogP contribution is 2.57. The standard InChI is InChI=1S/C14H21N3O/c15-14-16-13(17-18-14)2-1-12-10-4-8-3-9(6-10)7-11(12)5-8/h8-12H,1-7H2,(H2,15,16,17). The molecule has 4 heteroatoms. The molecule has 98 valence electrons. The zero-order chi connectivity index (χ0) is 12.1. The van der Waals surface area contributed by atoms with E-state index >= 15 is 0 Å². The van der Waals surface area contributed by atoms with E-state index in [1.807, 2.05) is 0 Å². The maximum atomic E-state index is 5.46. The average molecular weight is 247 g/mol. The summed E-state index contributed by atoms with van der Waals surface area (Å²) >= 11 is 0. The van der Waals surface area contributed by atoms with Gasteiger partial charge in [0.1, 0.15) is 0 Å². The summed E-state index contributed by atoms with van der Waals surface area (Å²) in [6, 6.07) is 0.204. The maximum absolute atomic E-state index is 5.46. The van der Waals surface area contributed by atoms with E-state index < -0.39 is 0 Å². The van der Waals surface area contributed by atoms with Crippen LogP contribution in [-0.2, 0) is 6.42 Å². The van der Waals surface area contributed by atoms with Gasteiger partial charge in [-0.05, 0) is 68.1 Å². The van der Waals surface area contributed by atoms with Crippen molar-refractivity contribution in [1.82, 2.24) is 10.1 Å². The van der Waals surface area contributed by atoms with Gasteiger partial charge < -0.3 is 10.3 Å². The van der Waals surface area contributed by atoms with Crippen LogP contribution < -0.4 is 5.73 Å². The lowest BCUT2D eigenvalue weighted by Crippen LogP contribution is -2.45. The number of aromatic nitrogens is 2. The van der Waals surface area contributed by atoms with Gasteiger partial charge in [0.2, 0.25) is 0 Å². The summed E-state index contributed by atoms with van der Waals surface area (Å²) in [6.45, 7) is 0. The first-order valence-electron chi connectivity index (χ1n) is 7.36. The largest absolute Gasteiger partial charge is 0.351 e. The molecule has 4 nitrogen and oxygen atoms in total. The second-order valence-electron chi connectivity index (χ2n) is 6.68. The van der Waals surface area contributed by atoms with E-state index in [9.17, 15) is 0 Å². The van der Waals surface area contributed by atoms with E-state index in [4.69, 9.17) is 10.3 Å². The molecule has 4 fully saturated rings. The van der Waals surface area contributed by atoms with Crippen molar-refractivity contribution in [2.24, 2.45) is 29.6 Å². The molecule has 2 N–H and O–H groups in total. The fourth-order valence-corrected chi connectivity index (χ4v) is 5.17. The van der Waals surface area contributed by atoms with Crippen molar-refractivity contribution in [2.75, 3.05) is 5.73 Å². The Morgan fingerprint density at radius 3 is 2.28 bits per heavy atom. The van der Waals surface area contributed by atoms with Crippen LogP contribution in [0.25, 0.3) is 0 Å². The second kappa shape index (κ2) is 3.97. The Bertz CT molecular complexity index is 414. The Morgan fingerprint density at radius 2 is 1.72 bits per heavy atom. The molecule has 0 unspecified atom stereocenters. The summed E-state index contributed by atoms with van der Waals surface area (Å²) < 4.78 is 4.84. The highest BCUT2D eigenvalue weighted by atomic mass is 16.5. The molecule has 1 aromatic rings. The summed E-state index contributed by atoms with van der Waals surface area (Å²) in [6.07, 6.45) is 9.67. The number of hydrogen-bond donors (Lipinski definition) is 1. The smallest absolute Gasteiger partial charge is 0.318 e. The van der Waals surface area contributed by atoms with Crippen LogP contribution >= 0.6 is 0 Å². The molecule has 1 aromatic heterocycles. The van der Waals surface area contributed by atoms with Gasteiger partial charge in [0.15, 0.2) is 5.82 Å². The highest BCUT2D eigenvalue weighted by molar-refractivity contribution is 5.07.